The highest BCUT2D eigenvalue weighted by atomic mass is 35.5. The monoisotopic (exact) mass is 252 g/mol. The van der Waals surface area contributed by atoms with Crippen LogP contribution in [-0.2, 0) is 9.53 Å². The van der Waals surface area contributed by atoms with Crippen LogP contribution < -0.4 is 0 Å². The Morgan fingerprint density at radius 2 is 2.40 bits per heavy atom. The molecule has 84 valence electrons. The summed E-state index contributed by atoms with van der Waals surface area (Å²) in [5.74, 6) is -0.801. The SMILES string of the molecule is CCOC(=O)C(Cl)(Cl)C(O)c1ccco1. The van der Waals surface area contributed by atoms with Gasteiger partial charge in [0.25, 0.3) is 0 Å². The Morgan fingerprint density at radius 3 is 2.87 bits per heavy atom. The van der Waals surface area contributed by atoms with Gasteiger partial charge in [-0.2, -0.15) is 0 Å². The lowest BCUT2D eigenvalue weighted by Crippen LogP contribution is -2.35. The first-order chi connectivity index (χ1) is 7.00. The molecular weight excluding hydrogens is 243 g/mol. The van der Waals surface area contributed by atoms with Crippen LogP contribution in [0, 0.1) is 0 Å². The van der Waals surface area contributed by atoms with Crippen LogP contribution in [0.4, 0.5) is 0 Å². The van der Waals surface area contributed by atoms with Crippen LogP contribution in [0.15, 0.2) is 22.8 Å². The molecule has 1 rings (SSSR count). The minimum Gasteiger partial charge on any atom is -0.466 e. The van der Waals surface area contributed by atoms with Crippen molar-refractivity contribution in [3.05, 3.63) is 24.2 Å². The number of hydrogen-bond acceptors (Lipinski definition) is 4. The maximum absolute atomic E-state index is 11.3. The molecule has 0 aliphatic carbocycles. The second-order valence-electron chi connectivity index (χ2n) is 2.76. The molecule has 0 aromatic carbocycles. The Kier molecular flexibility index (Phi) is 4.02. The second-order valence-corrected chi connectivity index (χ2v) is 4.15. The van der Waals surface area contributed by atoms with Gasteiger partial charge in [-0.05, 0) is 19.1 Å². The fourth-order valence-corrected chi connectivity index (χ4v) is 1.29. The summed E-state index contributed by atoms with van der Waals surface area (Å²) < 4.78 is 7.44. The molecule has 0 saturated heterocycles. The normalized spacial score (nSPS) is 13.6. The van der Waals surface area contributed by atoms with E-state index in [-0.39, 0.29) is 12.4 Å². The molecule has 1 unspecified atom stereocenters. The van der Waals surface area contributed by atoms with Crippen LogP contribution in [0.5, 0.6) is 0 Å². The number of aliphatic hydroxyl groups is 1. The summed E-state index contributed by atoms with van der Waals surface area (Å²) in [4.78, 5) is 11.3. The Balaban J connectivity index is 2.81. The zero-order valence-corrected chi connectivity index (χ0v) is 9.46. The van der Waals surface area contributed by atoms with Gasteiger partial charge in [0.2, 0.25) is 4.33 Å². The summed E-state index contributed by atoms with van der Waals surface area (Å²) in [6, 6.07) is 3.01. The number of alkyl halides is 2. The number of rotatable bonds is 4. The third-order valence-corrected chi connectivity index (χ3v) is 2.43. The van der Waals surface area contributed by atoms with E-state index in [1.165, 1.54) is 12.3 Å². The highest BCUT2D eigenvalue weighted by molar-refractivity contribution is 6.57. The smallest absolute Gasteiger partial charge is 0.345 e. The first-order valence-corrected chi connectivity index (χ1v) is 5.02. The molecule has 1 atom stereocenters. The molecule has 0 aliphatic rings. The van der Waals surface area contributed by atoms with E-state index in [0.29, 0.717) is 0 Å². The first-order valence-electron chi connectivity index (χ1n) is 4.26. The molecular formula is C9H10Cl2O4. The third-order valence-electron chi connectivity index (χ3n) is 1.70. The van der Waals surface area contributed by atoms with Gasteiger partial charge in [-0.3, -0.25) is 0 Å². The number of furan rings is 1. The lowest BCUT2D eigenvalue weighted by atomic mass is 10.2. The van der Waals surface area contributed by atoms with Crippen LogP contribution in [0.2, 0.25) is 0 Å². The van der Waals surface area contributed by atoms with Gasteiger partial charge in [-0.25, -0.2) is 4.79 Å². The van der Waals surface area contributed by atoms with Crippen LogP contribution >= 0.6 is 23.2 Å². The number of carbonyl (C=O) groups is 1. The van der Waals surface area contributed by atoms with Gasteiger partial charge < -0.3 is 14.3 Å². The standard InChI is InChI=1S/C9H10Cl2O4/c1-2-14-8(13)9(10,11)7(12)6-4-3-5-15-6/h3-5,7,12H,2H2,1H3. The fraction of sp³-hybridized carbons (Fsp3) is 0.444. The Bertz CT molecular complexity index is 321. The molecule has 4 nitrogen and oxygen atoms in total. The number of aliphatic hydroxyl groups excluding tert-OH is 1. The van der Waals surface area contributed by atoms with Crippen molar-refractivity contribution >= 4 is 29.2 Å². The number of esters is 1. The molecule has 0 fully saturated rings. The summed E-state index contributed by atoms with van der Waals surface area (Å²) in [6.45, 7) is 1.74. The zero-order valence-electron chi connectivity index (χ0n) is 7.94. The molecule has 15 heavy (non-hydrogen) atoms. The molecule has 1 aromatic rings. The number of hydrogen-bond donors (Lipinski definition) is 1. The van der Waals surface area contributed by atoms with Gasteiger partial charge in [-0.15, -0.1) is 0 Å². The summed E-state index contributed by atoms with van der Waals surface area (Å²) in [7, 11) is 0. The highest BCUT2D eigenvalue weighted by Crippen LogP contribution is 2.37. The third kappa shape index (κ3) is 2.65. The topological polar surface area (TPSA) is 59.7 Å². The van der Waals surface area contributed by atoms with Crippen molar-refractivity contribution in [1.29, 1.82) is 0 Å². The van der Waals surface area contributed by atoms with Crippen molar-refractivity contribution in [1.82, 2.24) is 0 Å². The zero-order chi connectivity index (χ0) is 11.5. The van der Waals surface area contributed by atoms with Crippen LogP contribution in [0.3, 0.4) is 0 Å². The van der Waals surface area contributed by atoms with Gasteiger partial charge in [0.05, 0.1) is 12.9 Å². The quantitative estimate of drug-likeness (QED) is 0.659. The molecule has 0 bridgehead atoms. The van der Waals surface area contributed by atoms with Crippen LogP contribution in [0.1, 0.15) is 18.8 Å². The maximum Gasteiger partial charge on any atom is 0.345 e. The Labute approximate surface area is 96.7 Å². The maximum atomic E-state index is 11.3. The van der Waals surface area contributed by atoms with Crippen molar-refractivity contribution in [2.45, 2.75) is 17.4 Å². The van der Waals surface area contributed by atoms with E-state index >= 15 is 0 Å². The average molecular weight is 253 g/mol. The molecule has 1 N–H and O–H groups in total. The Hall–Kier alpha value is -0.710. The second kappa shape index (κ2) is 4.88. The summed E-state index contributed by atoms with van der Waals surface area (Å²) in [5, 5.41) is 9.68. The molecule has 1 heterocycles. The van der Waals surface area contributed by atoms with E-state index < -0.39 is 16.4 Å². The van der Waals surface area contributed by atoms with E-state index in [1.54, 1.807) is 13.0 Å². The lowest BCUT2D eigenvalue weighted by Gasteiger charge is -2.21. The summed E-state index contributed by atoms with van der Waals surface area (Å²) in [6.07, 6.45) is -0.122. The largest absolute Gasteiger partial charge is 0.466 e. The fourth-order valence-electron chi connectivity index (χ4n) is 0.964. The molecule has 0 spiro atoms. The first kappa shape index (κ1) is 12.4. The predicted octanol–water partition coefficient (Wildman–Crippen LogP) is 2.05. The lowest BCUT2D eigenvalue weighted by molar-refractivity contribution is -0.146. The van der Waals surface area contributed by atoms with E-state index in [0.717, 1.165) is 0 Å². The molecule has 1 aromatic heterocycles. The molecule has 0 amide bonds. The molecule has 6 heteroatoms. The predicted molar refractivity (Wildman–Crippen MR) is 54.7 cm³/mol. The van der Waals surface area contributed by atoms with Crippen LogP contribution in [-0.4, -0.2) is 22.0 Å². The highest BCUT2D eigenvalue weighted by Gasteiger charge is 2.45. The van der Waals surface area contributed by atoms with Crippen molar-refractivity contribution in [2.75, 3.05) is 6.61 Å². The van der Waals surface area contributed by atoms with Crippen molar-refractivity contribution in [3.8, 4) is 0 Å². The van der Waals surface area contributed by atoms with Gasteiger partial charge >= 0.3 is 5.97 Å². The van der Waals surface area contributed by atoms with Gasteiger partial charge in [-0.1, -0.05) is 23.2 Å². The summed E-state index contributed by atoms with van der Waals surface area (Å²) in [5.41, 5.74) is 0. The number of halogens is 2. The molecule has 0 aliphatic heterocycles. The van der Waals surface area contributed by atoms with E-state index in [2.05, 4.69) is 4.74 Å². The Morgan fingerprint density at radius 1 is 1.73 bits per heavy atom. The van der Waals surface area contributed by atoms with Gasteiger partial charge in [0.15, 0.2) is 6.10 Å². The van der Waals surface area contributed by atoms with E-state index in [9.17, 15) is 9.90 Å². The van der Waals surface area contributed by atoms with Crippen molar-refractivity contribution in [3.63, 3.8) is 0 Å². The van der Waals surface area contributed by atoms with Crippen molar-refractivity contribution in [2.24, 2.45) is 0 Å². The van der Waals surface area contributed by atoms with E-state index in [4.69, 9.17) is 27.6 Å². The molecule has 0 radical (unpaired) electrons. The minimum atomic E-state index is -2.06. The van der Waals surface area contributed by atoms with Gasteiger partial charge in [0.1, 0.15) is 5.76 Å². The number of ether oxygens (including phenoxy) is 1. The van der Waals surface area contributed by atoms with Gasteiger partial charge in [0, 0.05) is 0 Å². The minimum absolute atomic E-state index is 0.105. The van der Waals surface area contributed by atoms with Crippen LogP contribution in [0.25, 0.3) is 0 Å². The number of carbonyl (C=O) groups excluding carboxylic acids is 1. The van der Waals surface area contributed by atoms with Crippen molar-refractivity contribution < 1.29 is 19.1 Å². The summed E-state index contributed by atoms with van der Waals surface area (Å²) >= 11 is 11.4. The molecule has 0 saturated carbocycles. The van der Waals surface area contributed by atoms with E-state index in [1.807, 2.05) is 0 Å². The average Bonchev–Trinajstić information content (AvgIpc) is 2.69.